The predicted octanol–water partition coefficient (Wildman–Crippen LogP) is 0.892. The third-order valence-electron chi connectivity index (χ3n) is 2.93. The topological polar surface area (TPSA) is 95.6 Å². The largest absolute Gasteiger partial charge is 0.507 e. The fourth-order valence-corrected chi connectivity index (χ4v) is 2.08. The first kappa shape index (κ1) is 12.6. The van der Waals surface area contributed by atoms with Crippen molar-refractivity contribution in [2.75, 3.05) is 0 Å². The molecule has 1 saturated carbocycles. The van der Waals surface area contributed by atoms with Gasteiger partial charge in [-0.25, -0.2) is 0 Å². The molecule has 6 heteroatoms. The number of amides is 1. The van der Waals surface area contributed by atoms with Crippen LogP contribution in [-0.2, 0) is 0 Å². The average Bonchev–Trinajstić information content (AvgIpc) is 3.09. The number of thiocarbonyl (C=S) groups is 1. The zero-order valence-corrected chi connectivity index (χ0v) is 10.4. The van der Waals surface area contributed by atoms with Crippen molar-refractivity contribution >= 4 is 23.1 Å². The van der Waals surface area contributed by atoms with E-state index in [0.717, 1.165) is 12.8 Å². The predicted molar refractivity (Wildman–Crippen MR) is 70.5 cm³/mol. The maximum Gasteiger partial charge on any atom is 0.259 e. The number of rotatable bonds is 4. The summed E-state index contributed by atoms with van der Waals surface area (Å²) in [4.78, 5) is 12.2. The van der Waals surface area contributed by atoms with Crippen molar-refractivity contribution in [3.8, 4) is 11.5 Å². The number of nitrogens with one attached hydrogen (secondary N) is 1. The number of phenolic OH excluding ortho intramolecular Hbond substituents is 2. The molecule has 1 aromatic rings. The van der Waals surface area contributed by atoms with Crippen LogP contribution in [0.2, 0.25) is 0 Å². The molecule has 0 spiro atoms. The van der Waals surface area contributed by atoms with E-state index in [1.807, 2.05) is 0 Å². The minimum absolute atomic E-state index is 0.153. The lowest BCUT2D eigenvalue weighted by molar-refractivity contribution is 0.0938. The first-order valence-electron chi connectivity index (χ1n) is 5.62. The minimum atomic E-state index is -0.574. The highest BCUT2D eigenvalue weighted by Gasteiger charge is 2.35. The molecule has 18 heavy (non-hydrogen) atoms. The summed E-state index contributed by atoms with van der Waals surface area (Å²) in [6.07, 6.45) is 1.93. The van der Waals surface area contributed by atoms with Gasteiger partial charge in [0, 0.05) is 0 Å². The van der Waals surface area contributed by atoms with Gasteiger partial charge >= 0.3 is 0 Å². The van der Waals surface area contributed by atoms with E-state index in [0.29, 0.717) is 0 Å². The Morgan fingerprint density at radius 3 is 2.39 bits per heavy atom. The summed E-state index contributed by atoms with van der Waals surface area (Å²) in [6, 6.07) is 3.74. The van der Waals surface area contributed by atoms with Gasteiger partial charge < -0.3 is 21.3 Å². The van der Waals surface area contributed by atoms with Crippen LogP contribution in [0.25, 0.3) is 0 Å². The number of hydrogen-bond acceptors (Lipinski definition) is 4. The van der Waals surface area contributed by atoms with Crippen molar-refractivity contribution in [2.45, 2.75) is 18.9 Å². The molecule has 0 heterocycles. The molecule has 1 atom stereocenters. The van der Waals surface area contributed by atoms with E-state index in [4.69, 9.17) is 18.0 Å². The van der Waals surface area contributed by atoms with Gasteiger partial charge in [0.1, 0.15) is 17.1 Å². The Morgan fingerprint density at radius 2 is 1.94 bits per heavy atom. The quantitative estimate of drug-likeness (QED) is 0.607. The number of nitrogens with two attached hydrogens (primary N) is 1. The van der Waals surface area contributed by atoms with E-state index in [2.05, 4.69) is 5.32 Å². The SMILES string of the molecule is NC(=S)C(NC(=O)c1c(O)cccc1O)C1CC1. The molecule has 1 unspecified atom stereocenters. The Morgan fingerprint density at radius 1 is 1.39 bits per heavy atom. The Hall–Kier alpha value is -1.82. The zero-order chi connectivity index (χ0) is 13.3. The van der Waals surface area contributed by atoms with E-state index in [9.17, 15) is 15.0 Å². The van der Waals surface area contributed by atoms with Crippen LogP contribution in [0.1, 0.15) is 23.2 Å². The van der Waals surface area contributed by atoms with Crippen molar-refractivity contribution < 1.29 is 15.0 Å². The van der Waals surface area contributed by atoms with Gasteiger partial charge in [-0.3, -0.25) is 4.79 Å². The van der Waals surface area contributed by atoms with Gasteiger partial charge in [-0.2, -0.15) is 0 Å². The molecule has 5 N–H and O–H groups in total. The molecule has 0 saturated heterocycles. The molecular formula is C12H14N2O3S. The molecule has 1 amide bonds. The van der Waals surface area contributed by atoms with Crippen LogP contribution >= 0.6 is 12.2 Å². The van der Waals surface area contributed by atoms with Crippen molar-refractivity contribution in [1.82, 2.24) is 5.32 Å². The van der Waals surface area contributed by atoms with E-state index in [1.54, 1.807) is 0 Å². The van der Waals surface area contributed by atoms with Crippen LogP contribution < -0.4 is 11.1 Å². The van der Waals surface area contributed by atoms with Gasteiger partial charge in [0.2, 0.25) is 0 Å². The third-order valence-corrected chi connectivity index (χ3v) is 3.19. The Bertz CT molecular complexity index is 480. The number of benzene rings is 1. The summed E-state index contributed by atoms with van der Waals surface area (Å²) < 4.78 is 0. The van der Waals surface area contributed by atoms with E-state index >= 15 is 0 Å². The summed E-state index contributed by atoms with van der Waals surface area (Å²) in [5, 5.41) is 21.8. The number of carbonyl (C=O) groups excluding carboxylic acids is 1. The lowest BCUT2D eigenvalue weighted by atomic mass is 10.1. The lowest BCUT2D eigenvalue weighted by Crippen LogP contribution is -2.45. The highest BCUT2D eigenvalue weighted by molar-refractivity contribution is 7.80. The average molecular weight is 266 g/mol. The minimum Gasteiger partial charge on any atom is -0.507 e. The Kier molecular flexibility index (Phi) is 3.38. The number of phenols is 2. The summed E-state index contributed by atoms with van der Waals surface area (Å²) >= 11 is 4.91. The molecule has 2 rings (SSSR count). The van der Waals surface area contributed by atoms with Crippen LogP contribution in [0.4, 0.5) is 0 Å². The van der Waals surface area contributed by atoms with E-state index < -0.39 is 5.91 Å². The highest BCUT2D eigenvalue weighted by atomic mass is 32.1. The maximum absolute atomic E-state index is 12.0. The number of aromatic hydroxyl groups is 2. The molecular weight excluding hydrogens is 252 g/mol. The summed E-state index contributed by atoms with van der Waals surface area (Å²) in [5.41, 5.74) is 5.42. The molecule has 0 aromatic heterocycles. The second-order valence-corrected chi connectivity index (χ2v) is 4.83. The van der Waals surface area contributed by atoms with Gasteiger partial charge in [-0.05, 0) is 30.9 Å². The van der Waals surface area contributed by atoms with Crippen molar-refractivity contribution in [1.29, 1.82) is 0 Å². The number of hydrogen-bond donors (Lipinski definition) is 4. The Labute approximate surface area is 110 Å². The van der Waals surface area contributed by atoms with Gasteiger partial charge in [0.25, 0.3) is 5.91 Å². The van der Waals surface area contributed by atoms with Crippen molar-refractivity contribution in [3.05, 3.63) is 23.8 Å². The summed E-state index contributed by atoms with van der Waals surface area (Å²) in [6.45, 7) is 0. The van der Waals surface area contributed by atoms with Crippen molar-refractivity contribution in [3.63, 3.8) is 0 Å². The van der Waals surface area contributed by atoms with Gasteiger partial charge in [0.05, 0.1) is 11.0 Å². The highest BCUT2D eigenvalue weighted by Crippen LogP contribution is 2.33. The molecule has 1 aliphatic rings. The second-order valence-electron chi connectivity index (χ2n) is 4.36. The molecule has 5 nitrogen and oxygen atoms in total. The fraction of sp³-hybridized carbons (Fsp3) is 0.333. The van der Waals surface area contributed by atoms with Gasteiger partial charge in [-0.15, -0.1) is 0 Å². The second kappa shape index (κ2) is 4.81. The van der Waals surface area contributed by atoms with Crippen LogP contribution in [0.3, 0.4) is 0 Å². The Balaban J connectivity index is 2.18. The summed E-state index contributed by atoms with van der Waals surface area (Å²) in [5.74, 6) is -0.857. The monoisotopic (exact) mass is 266 g/mol. The van der Waals surface area contributed by atoms with Crippen LogP contribution in [0.15, 0.2) is 18.2 Å². The normalized spacial score (nSPS) is 16.0. The molecule has 1 fully saturated rings. The van der Waals surface area contributed by atoms with E-state index in [1.165, 1.54) is 18.2 Å². The molecule has 0 bridgehead atoms. The number of carbonyl (C=O) groups is 1. The third kappa shape index (κ3) is 2.53. The molecule has 1 aliphatic carbocycles. The molecule has 1 aromatic carbocycles. The lowest BCUT2D eigenvalue weighted by Gasteiger charge is -2.17. The smallest absolute Gasteiger partial charge is 0.259 e. The summed E-state index contributed by atoms with van der Waals surface area (Å²) in [7, 11) is 0. The zero-order valence-electron chi connectivity index (χ0n) is 9.59. The van der Waals surface area contributed by atoms with E-state index in [-0.39, 0.29) is 34.0 Å². The fourth-order valence-electron chi connectivity index (χ4n) is 1.83. The first-order chi connectivity index (χ1) is 8.50. The van der Waals surface area contributed by atoms with Crippen LogP contribution in [-0.4, -0.2) is 27.2 Å². The first-order valence-corrected chi connectivity index (χ1v) is 6.02. The standard InChI is InChI=1S/C12H14N2O3S/c13-11(18)10(6-4-5-6)14-12(17)9-7(15)2-1-3-8(9)16/h1-3,6,10,15-16H,4-5H2,(H2,13,18)(H,14,17). The van der Waals surface area contributed by atoms with Gasteiger partial charge in [0.15, 0.2) is 0 Å². The van der Waals surface area contributed by atoms with Crippen molar-refractivity contribution in [2.24, 2.45) is 11.7 Å². The van der Waals surface area contributed by atoms with Crippen LogP contribution in [0, 0.1) is 5.92 Å². The van der Waals surface area contributed by atoms with Crippen LogP contribution in [0.5, 0.6) is 11.5 Å². The molecule has 0 aliphatic heterocycles. The van der Waals surface area contributed by atoms with Gasteiger partial charge in [-0.1, -0.05) is 18.3 Å². The molecule has 0 radical (unpaired) electrons. The molecule has 96 valence electrons. The maximum atomic E-state index is 12.0.